The lowest BCUT2D eigenvalue weighted by atomic mass is 9.97. The van der Waals surface area contributed by atoms with E-state index in [0.29, 0.717) is 6.54 Å². The number of carbonyl (C=O) groups excluding carboxylic acids is 3. The van der Waals surface area contributed by atoms with Crippen molar-refractivity contribution in [1.82, 2.24) is 15.6 Å². The van der Waals surface area contributed by atoms with Gasteiger partial charge in [-0.2, -0.15) is 0 Å². The fourth-order valence-corrected chi connectivity index (χ4v) is 4.86. The maximum Gasteiger partial charge on any atom is 0.228 e. The predicted octanol–water partition coefficient (Wildman–Crippen LogP) is 3.37. The Morgan fingerprint density at radius 1 is 1.09 bits per heavy atom. The van der Waals surface area contributed by atoms with Crippen LogP contribution in [0.3, 0.4) is 0 Å². The average Bonchev–Trinajstić information content (AvgIpc) is 3.47. The molecule has 3 amide bonds. The van der Waals surface area contributed by atoms with Gasteiger partial charge in [0.2, 0.25) is 17.7 Å². The van der Waals surface area contributed by atoms with Crippen molar-refractivity contribution in [2.75, 3.05) is 11.4 Å². The third kappa shape index (κ3) is 5.46. The maximum atomic E-state index is 13.1. The van der Waals surface area contributed by atoms with Gasteiger partial charge in [-0.05, 0) is 48.2 Å². The number of amides is 3. The van der Waals surface area contributed by atoms with Crippen LogP contribution in [-0.2, 0) is 20.9 Å². The van der Waals surface area contributed by atoms with Gasteiger partial charge in [0.05, 0.1) is 12.0 Å². The molecule has 0 spiro atoms. The Balaban J connectivity index is 1.38. The first kappa shape index (κ1) is 22.7. The molecule has 2 unspecified atom stereocenters. The van der Waals surface area contributed by atoms with E-state index in [2.05, 4.69) is 15.6 Å². The second-order valence-electron chi connectivity index (χ2n) is 8.04. The van der Waals surface area contributed by atoms with Gasteiger partial charge < -0.3 is 15.5 Å². The average molecular weight is 463 g/mol. The second kappa shape index (κ2) is 10.4. The van der Waals surface area contributed by atoms with E-state index in [0.717, 1.165) is 21.7 Å². The van der Waals surface area contributed by atoms with Gasteiger partial charge in [-0.25, -0.2) is 0 Å². The highest BCUT2D eigenvalue weighted by Crippen LogP contribution is 2.43. The first-order valence-corrected chi connectivity index (χ1v) is 11.8. The van der Waals surface area contributed by atoms with Crippen molar-refractivity contribution in [3.63, 3.8) is 0 Å². The summed E-state index contributed by atoms with van der Waals surface area (Å²) in [6, 6.07) is 15.0. The van der Waals surface area contributed by atoms with Crippen molar-refractivity contribution >= 4 is 34.7 Å². The lowest BCUT2D eigenvalue weighted by Crippen LogP contribution is -2.37. The minimum atomic E-state index is -0.516. The molecule has 0 saturated carbocycles. The molecule has 0 aliphatic carbocycles. The molecular weight excluding hydrogens is 436 g/mol. The fraction of sp³-hybridized carbons (Fsp3) is 0.280. The monoisotopic (exact) mass is 462 g/mol. The molecule has 3 heterocycles. The maximum absolute atomic E-state index is 13.1. The zero-order chi connectivity index (χ0) is 23.2. The van der Waals surface area contributed by atoms with Crippen LogP contribution < -0.4 is 15.5 Å². The minimum Gasteiger partial charge on any atom is -0.355 e. The highest BCUT2D eigenvalue weighted by Gasteiger charge is 2.45. The Kier molecular flexibility index (Phi) is 7.14. The molecule has 2 N–H and O–H groups in total. The molecular formula is C25H26N4O3S. The first-order valence-electron chi connectivity index (χ1n) is 10.9. The summed E-state index contributed by atoms with van der Waals surface area (Å²) in [6.45, 7) is 2.63. The van der Waals surface area contributed by atoms with Crippen LogP contribution in [0.15, 0.2) is 66.3 Å². The molecule has 33 heavy (non-hydrogen) atoms. The molecule has 4 rings (SSSR count). The van der Waals surface area contributed by atoms with Gasteiger partial charge in [-0.1, -0.05) is 23.8 Å². The highest BCUT2D eigenvalue weighted by atomic mass is 32.1. The molecule has 1 fully saturated rings. The van der Waals surface area contributed by atoms with Crippen LogP contribution in [0.2, 0.25) is 0 Å². The van der Waals surface area contributed by atoms with Gasteiger partial charge in [0, 0.05) is 48.9 Å². The first-order chi connectivity index (χ1) is 16.0. The minimum absolute atomic E-state index is 0.0764. The number of benzene rings is 1. The number of rotatable bonds is 8. The van der Waals surface area contributed by atoms with Crippen molar-refractivity contribution in [3.8, 4) is 0 Å². The Morgan fingerprint density at radius 3 is 2.55 bits per heavy atom. The number of aromatic nitrogens is 1. The van der Waals surface area contributed by atoms with Crippen molar-refractivity contribution in [2.45, 2.75) is 32.4 Å². The number of nitrogens with one attached hydrogen (secondary N) is 2. The molecule has 170 valence electrons. The van der Waals surface area contributed by atoms with Crippen molar-refractivity contribution < 1.29 is 14.4 Å². The third-order valence-electron chi connectivity index (χ3n) is 5.70. The largest absolute Gasteiger partial charge is 0.355 e. The smallest absolute Gasteiger partial charge is 0.228 e. The summed E-state index contributed by atoms with van der Waals surface area (Å²) in [4.78, 5) is 44.8. The van der Waals surface area contributed by atoms with Crippen LogP contribution >= 0.6 is 11.3 Å². The van der Waals surface area contributed by atoms with E-state index in [1.54, 1.807) is 17.3 Å². The van der Waals surface area contributed by atoms with Crippen LogP contribution in [-0.4, -0.2) is 29.3 Å². The summed E-state index contributed by atoms with van der Waals surface area (Å²) in [5, 5.41) is 7.65. The summed E-state index contributed by atoms with van der Waals surface area (Å²) in [7, 11) is 0. The van der Waals surface area contributed by atoms with Crippen LogP contribution in [0.1, 0.15) is 34.9 Å². The summed E-state index contributed by atoms with van der Waals surface area (Å²) in [5.41, 5.74) is 2.85. The lowest BCUT2D eigenvalue weighted by Gasteiger charge is -2.27. The normalized spacial score (nSPS) is 17.7. The standard InChI is InChI=1S/C25H26N4O3S/c1-17-4-6-19(7-5-17)29-23(31)15-20(24(29)21-3-2-14-33-21)25(32)27-13-10-22(30)28-16-18-8-11-26-12-9-18/h2-9,11-12,14,20,24H,10,13,15-16H2,1H3,(H,27,32)(H,28,30). The highest BCUT2D eigenvalue weighted by molar-refractivity contribution is 7.10. The molecule has 7 nitrogen and oxygen atoms in total. The number of aryl methyl sites for hydroxylation is 1. The third-order valence-corrected chi connectivity index (χ3v) is 6.64. The van der Waals surface area contributed by atoms with Crippen molar-refractivity contribution in [3.05, 3.63) is 82.3 Å². The van der Waals surface area contributed by atoms with Crippen LogP contribution in [0.25, 0.3) is 0 Å². The quantitative estimate of drug-likeness (QED) is 0.537. The van der Waals surface area contributed by atoms with E-state index in [1.807, 2.05) is 60.8 Å². The van der Waals surface area contributed by atoms with Gasteiger partial charge in [-0.3, -0.25) is 19.4 Å². The molecule has 8 heteroatoms. The topological polar surface area (TPSA) is 91.4 Å². The SMILES string of the molecule is Cc1ccc(N2C(=O)CC(C(=O)NCCC(=O)NCc3ccncc3)C2c2cccs2)cc1. The van der Waals surface area contributed by atoms with E-state index in [1.165, 1.54) is 11.3 Å². The van der Waals surface area contributed by atoms with E-state index in [4.69, 9.17) is 0 Å². The summed E-state index contributed by atoms with van der Waals surface area (Å²) >= 11 is 1.54. The molecule has 2 aromatic heterocycles. The van der Waals surface area contributed by atoms with Crippen LogP contribution in [0.5, 0.6) is 0 Å². The lowest BCUT2D eigenvalue weighted by molar-refractivity contribution is -0.127. The Bertz CT molecular complexity index is 1100. The molecule has 1 saturated heterocycles. The molecule has 1 aromatic carbocycles. The second-order valence-corrected chi connectivity index (χ2v) is 9.02. The van der Waals surface area contributed by atoms with Gasteiger partial charge >= 0.3 is 0 Å². The molecule has 0 bridgehead atoms. The molecule has 1 aliphatic heterocycles. The zero-order valence-corrected chi connectivity index (χ0v) is 19.2. The fourth-order valence-electron chi connectivity index (χ4n) is 3.98. The number of pyridine rings is 1. The van der Waals surface area contributed by atoms with E-state index >= 15 is 0 Å². The molecule has 0 radical (unpaired) electrons. The van der Waals surface area contributed by atoms with Crippen molar-refractivity contribution in [1.29, 1.82) is 0 Å². The summed E-state index contributed by atoms with van der Waals surface area (Å²) in [6.07, 6.45) is 3.66. The summed E-state index contributed by atoms with van der Waals surface area (Å²) in [5.74, 6) is -0.950. The summed E-state index contributed by atoms with van der Waals surface area (Å²) < 4.78 is 0. The Morgan fingerprint density at radius 2 is 1.85 bits per heavy atom. The number of hydrogen-bond acceptors (Lipinski definition) is 5. The zero-order valence-electron chi connectivity index (χ0n) is 18.4. The van der Waals surface area contributed by atoms with Gasteiger partial charge in [-0.15, -0.1) is 11.3 Å². The number of nitrogens with zero attached hydrogens (tertiary/aromatic N) is 2. The Hall–Kier alpha value is -3.52. The number of thiophene rings is 1. The number of anilines is 1. The van der Waals surface area contributed by atoms with Crippen LogP contribution in [0, 0.1) is 12.8 Å². The van der Waals surface area contributed by atoms with Gasteiger partial charge in [0.1, 0.15) is 0 Å². The van der Waals surface area contributed by atoms with E-state index in [9.17, 15) is 14.4 Å². The van der Waals surface area contributed by atoms with Gasteiger partial charge in [0.15, 0.2) is 0 Å². The Labute approximate surface area is 196 Å². The molecule has 2 atom stereocenters. The van der Waals surface area contributed by atoms with Gasteiger partial charge in [0.25, 0.3) is 0 Å². The molecule has 3 aromatic rings. The predicted molar refractivity (Wildman–Crippen MR) is 128 cm³/mol. The number of carbonyl (C=O) groups is 3. The van der Waals surface area contributed by atoms with Crippen molar-refractivity contribution in [2.24, 2.45) is 5.92 Å². The van der Waals surface area contributed by atoms with E-state index < -0.39 is 5.92 Å². The number of hydrogen-bond donors (Lipinski definition) is 2. The van der Waals surface area contributed by atoms with Crippen LogP contribution in [0.4, 0.5) is 5.69 Å². The van der Waals surface area contributed by atoms with E-state index in [-0.39, 0.29) is 43.1 Å². The molecule has 1 aliphatic rings.